The van der Waals surface area contributed by atoms with E-state index in [4.69, 9.17) is 9.15 Å². The maximum atomic E-state index is 13.6. The summed E-state index contributed by atoms with van der Waals surface area (Å²) in [7, 11) is 0. The number of non-ortho nitro benzene ring substituents is 1. The number of benzene rings is 4. The van der Waals surface area contributed by atoms with Gasteiger partial charge in [0.2, 0.25) is 11.6 Å². The van der Waals surface area contributed by atoms with E-state index in [1.165, 1.54) is 36.5 Å². The maximum absolute atomic E-state index is 13.6. The van der Waals surface area contributed by atoms with Crippen LogP contribution in [-0.2, 0) is 6.61 Å². The molecule has 0 radical (unpaired) electrons. The van der Waals surface area contributed by atoms with Crippen LogP contribution in [0, 0.1) is 20.2 Å². The Bertz CT molecular complexity index is 2070. The zero-order valence-electron chi connectivity index (χ0n) is 21.6. The quantitative estimate of drug-likeness (QED) is 0.123. The Morgan fingerprint density at radius 2 is 1.69 bits per heavy atom. The number of furan rings is 1. The van der Waals surface area contributed by atoms with Crippen LogP contribution in [0.4, 0.5) is 11.4 Å². The lowest BCUT2D eigenvalue weighted by atomic mass is 10.1. The fourth-order valence-corrected chi connectivity index (χ4v) is 4.46. The molecule has 0 aliphatic carbocycles. The first-order valence-electron chi connectivity index (χ1n) is 12.6. The standard InChI is InChI=1S/C30H19N5O7/c36-30-23-11-2-3-12-24(23)32-29(27-16-20-8-1-4-14-26(20)42-27)33(30)31-17-21-9-6-13-25(35(39)40)28(21)41-18-19-7-5-10-22(15-19)34(37)38/h1-17H,18H2. The zero-order valence-corrected chi connectivity index (χ0v) is 21.6. The highest BCUT2D eigenvalue weighted by atomic mass is 16.6. The second-order valence-corrected chi connectivity index (χ2v) is 9.13. The largest absolute Gasteiger partial charge is 0.481 e. The third-order valence-electron chi connectivity index (χ3n) is 6.44. The van der Waals surface area contributed by atoms with Gasteiger partial charge in [-0.05, 0) is 35.9 Å². The number of rotatable bonds is 8. The molecule has 12 heteroatoms. The third kappa shape index (κ3) is 4.95. The lowest BCUT2D eigenvalue weighted by Crippen LogP contribution is -2.20. The van der Waals surface area contributed by atoms with Crippen LogP contribution in [0.25, 0.3) is 33.5 Å². The molecule has 206 valence electrons. The molecule has 2 aromatic heterocycles. The molecule has 0 spiro atoms. The molecule has 0 saturated carbocycles. The summed E-state index contributed by atoms with van der Waals surface area (Å²) in [4.78, 5) is 40.1. The number of ether oxygens (including phenoxy) is 1. The van der Waals surface area contributed by atoms with Crippen molar-refractivity contribution < 1.29 is 19.0 Å². The summed E-state index contributed by atoms with van der Waals surface area (Å²) in [5, 5.41) is 28.5. The summed E-state index contributed by atoms with van der Waals surface area (Å²) in [6, 6.07) is 25.9. The summed E-state index contributed by atoms with van der Waals surface area (Å²) >= 11 is 0. The van der Waals surface area contributed by atoms with Crippen LogP contribution in [0.3, 0.4) is 0 Å². The molecule has 0 aliphatic heterocycles. The van der Waals surface area contributed by atoms with Gasteiger partial charge >= 0.3 is 5.69 Å². The van der Waals surface area contributed by atoms with Gasteiger partial charge in [-0.15, -0.1) is 0 Å². The predicted molar refractivity (Wildman–Crippen MR) is 155 cm³/mol. The number of para-hydroxylation sites is 3. The van der Waals surface area contributed by atoms with E-state index in [1.54, 1.807) is 48.5 Å². The predicted octanol–water partition coefficient (Wildman–Crippen LogP) is 6.09. The van der Waals surface area contributed by atoms with E-state index >= 15 is 0 Å². The molecule has 0 atom stereocenters. The highest BCUT2D eigenvalue weighted by Crippen LogP contribution is 2.32. The minimum Gasteiger partial charge on any atom is -0.481 e. The van der Waals surface area contributed by atoms with Crippen LogP contribution in [0.15, 0.2) is 111 Å². The van der Waals surface area contributed by atoms with Crippen molar-refractivity contribution in [3.8, 4) is 17.3 Å². The topological polar surface area (TPSA) is 156 Å². The van der Waals surface area contributed by atoms with Crippen molar-refractivity contribution in [3.63, 3.8) is 0 Å². The van der Waals surface area contributed by atoms with Crippen molar-refractivity contribution >= 4 is 39.5 Å². The van der Waals surface area contributed by atoms with Gasteiger partial charge in [-0.25, -0.2) is 4.98 Å². The smallest absolute Gasteiger partial charge is 0.311 e. The Morgan fingerprint density at radius 3 is 2.50 bits per heavy atom. The van der Waals surface area contributed by atoms with E-state index in [9.17, 15) is 25.0 Å². The van der Waals surface area contributed by atoms with Gasteiger partial charge in [0.25, 0.3) is 11.2 Å². The summed E-state index contributed by atoms with van der Waals surface area (Å²) < 4.78 is 12.9. The molecule has 4 aromatic carbocycles. The van der Waals surface area contributed by atoms with Crippen molar-refractivity contribution in [3.05, 3.63) is 139 Å². The molecule has 0 N–H and O–H groups in total. The highest BCUT2D eigenvalue weighted by Gasteiger charge is 2.20. The number of aromatic nitrogens is 2. The average molecular weight is 562 g/mol. The van der Waals surface area contributed by atoms with E-state index in [-0.39, 0.29) is 35.1 Å². The lowest BCUT2D eigenvalue weighted by Gasteiger charge is -2.10. The van der Waals surface area contributed by atoms with E-state index in [0.717, 1.165) is 10.1 Å². The van der Waals surface area contributed by atoms with Gasteiger partial charge in [0.15, 0.2) is 5.76 Å². The molecular weight excluding hydrogens is 542 g/mol. The molecule has 12 nitrogen and oxygen atoms in total. The van der Waals surface area contributed by atoms with Gasteiger partial charge < -0.3 is 9.15 Å². The van der Waals surface area contributed by atoms with Crippen molar-refractivity contribution in [2.45, 2.75) is 6.61 Å². The van der Waals surface area contributed by atoms with Crippen LogP contribution in [0.2, 0.25) is 0 Å². The number of nitro benzene ring substituents is 2. The van der Waals surface area contributed by atoms with Gasteiger partial charge in [-0.2, -0.15) is 9.78 Å². The fraction of sp³-hybridized carbons (Fsp3) is 0.0333. The first-order valence-corrected chi connectivity index (χ1v) is 12.6. The Kier molecular flexibility index (Phi) is 6.69. The van der Waals surface area contributed by atoms with Crippen molar-refractivity contribution in [1.29, 1.82) is 0 Å². The van der Waals surface area contributed by atoms with Crippen LogP contribution in [-0.4, -0.2) is 25.7 Å². The van der Waals surface area contributed by atoms with Crippen LogP contribution in [0.5, 0.6) is 5.75 Å². The van der Waals surface area contributed by atoms with Gasteiger partial charge in [-0.3, -0.25) is 25.0 Å². The number of nitrogens with zero attached hydrogens (tertiary/aromatic N) is 5. The minimum absolute atomic E-state index is 0.121. The number of hydrogen-bond acceptors (Lipinski definition) is 9. The molecule has 0 bridgehead atoms. The lowest BCUT2D eigenvalue weighted by molar-refractivity contribution is -0.386. The Hall–Kier alpha value is -6.17. The molecule has 42 heavy (non-hydrogen) atoms. The van der Waals surface area contributed by atoms with Crippen LogP contribution >= 0.6 is 0 Å². The molecule has 0 unspecified atom stereocenters. The minimum atomic E-state index is -0.607. The molecule has 6 rings (SSSR count). The first kappa shape index (κ1) is 26.1. The number of hydrogen-bond donors (Lipinski definition) is 0. The van der Waals surface area contributed by atoms with Gasteiger partial charge in [0.05, 0.1) is 27.0 Å². The molecular formula is C30H19N5O7. The van der Waals surface area contributed by atoms with Crippen molar-refractivity contribution in [2.75, 3.05) is 0 Å². The second-order valence-electron chi connectivity index (χ2n) is 9.13. The first-order chi connectivity index (χ1) is 20.4. The Balaban J connectivity index is 1.45. The summed E-state index contributed by atoms with van der Waals surface area (Å²) in [6.07, 6.45) is 1.26. The summed E-state index contributed by atoms with van der Waals surface area (Å²) in [5.41, 5.74) is 0.726. The Morgan fingerprint density at radius 1 is 0.905 bits per heavy atom. The summed E-state index contributed by atoms with van der Waals surface area (Å²) in [6.45, 7) is -0.185. The number of fused-ring (bicyclic) bond motifs is 2. The maximum Gasteiger partial charge on any atom is 0.311 e. The SMILES string of the molecule is O=c1c2ccccc2nc(-c2cc3ccccc3o2)n1N=Cc1cccc([N+](=O)[O-])c1OCc1cccc([N+](=O)[O-])c1. The Labute approximate surface area is 236 Å². The second kappa shape index (κ2) is 10.8. The molecule has 0 saturated heterocycles. The zero-order chi connectivity index (χ0) is 29.2. The van der Waals surface area contributed by atoms with E-state index in [2.05, 4.69) is 10.1 Å². The van der Waals surface area contributed by atoms with E-state index < -0.39 is 15.4 Å². The third-order valence-corrected chi connectivity index (χ3v) is 6.44. The molecule has 0 aliphatic rings. The monoisotopic (exact) mass is 561 g/mol. The van der Waals surface area contributed by atoms with E-state index in [0.29, 0.717) is 27.8 Å². The summed E-state index contributed by atoms with van der Waals surface area (Å²) in [5.74, 6) is 0.317. The molecule has 2 heterocycles. The van der Waals surface area contributed by atoms with Crippen LogP contribution in [0.1, 0.15) is 11.1 Å². The normalized spacial score (nSPS) is 11.3. The van der Waals surface area contributed by atoms with E-state index in [1.807, 2.05) is 18.2 Å². The van der Waals surface area contributed by atoms with Gasteiger partial charge in [-0.1, -0.05) is 48.5 Å². The van der Waals surface area contributed by atoms with Crippen molar-refractivity contribution in [2.24, 2.45) is 5.10 Å². The van der Waals surface area contributed by atoms with Crippen molar-refractivity contribution in [1.82, 2.24) is 9.66 Å². The molecule has 6 aromatic rings. The molecule has 0 amide bonds. The highest BCUT2D eigenvalue weighted by molar-refractivity contribution is 5.87. The number of nitro groups is 2. The van der Waals surface area contributed by atoms with Crippen LogP contribution < -0.4 is 10.3 Å². The van der Waals surface area contributed by atoms with Gasteiger partial charge in [0.1, 0.15) is 12.2 Å². The van der Waals surface area contributed by atoms with Gasteiger partial charge in [0, 0.05) is 29.1 Å². The average Bonchev–Trinajstić information content (AvgIpc) is 3.44. The fourth-order valence-electron chi connectivity index (χ4n) is 4.46. The molecule has 0 fully saturated rings.